The summed E-state index contributed by atoms with van der Waals surface area (Å²) in [5.41, 5.74) is 2.13. The van der Waals surface area contributed by atoms with E-state index in [1.807, 2.05) is 30.3 Å². The molecule has 178 valence electrons. The highest BCUT2D eigenvalue weighted by Gasteiger charge is 2.44. The van der Waals surface area contributed by atoms with Crippen LogP contribution in [-0.4, -0.2) is 61.0 Å². The van der Waals surface area contributed by atoms with E-state index >= 15 is 0 Å². The van der Waals surface area contributed by atoms with E-state index in [1.165, 1.54) is 31.4 Å². The molecule has 1 aliphatic carbocycles. The Morgan fingerprint density at radius 2 is 1.82 bits per heavy atom. The molecule has 2 aliphatic rings. The Morgan fingerprint density at radius 3 is 2.44 bits per heavy atom. The van der Waals surface area contributed by atoms with Crippen LogP contribution in [0.15, 0.2) is 65.9 Å². The molecule has 8 nitrogen and oxygen atoms in total. The lowest BCUT2D eigenvalue weighted by molar-refractivity contribution is -0.136. The van der Waals surface area contributed by atoms with Gasteiger partial charge in [-0.05, 0) is 49.7 Å². The lowest BCUT2D eigenvalue weighted by Gasteiger charge is -2.38. The number of urea groups is 1. The minimum Gasteiger partial charge on any atom is -0.466 e. The number of nitrogens with one attached hydrogen (secondary N) is 2. The lowest BCUT2D eigenvalue weighted by atomic mass is 9.94. The van der Waals surface area contributed by atoms with Crippen LogP contribution in [0, 0.1) is 5.82 Å². The Morgan fingerprint density at radius 1 is 1.15 bits per heavy atom. The second kappa shape index (κ2) is 10.0. The van der Waals surface area contributed by atoms with Gasteiger partial charge < -0.3 is 15.4 Å². The van der Waals surface area contributed by atoms with Gasteiger partial charge in [-0.1, -0.05) is 30.3 Å². The number of rotatable bonds is 8. The summed E-state index contributed by atoms with van der Waals surface area (Å²) in [7, 11) is 3.05. The van der Waals surface area contributed by atoms with Gasteiger partial charge in [0.1, 0.15) is 5.82 Å². The number of esters is 1. The van der Waals surface area contributed by atoms with Gasteiger partial charge in [0.15, 0.2) is 0 Å². The number of carbonyl (C=O) groups is 3. The summed E-state index contributed by atoms with van der Waals surface area (Å²) in [5.74, 6) is -1.22. The van der Waals surface area contributed by atoms with Crippen LogP contribution < -0.4 is 10.6 Å². The van der Waals surface area contributed by atoms with Crippen molar-refractivity contribution in [2.45, 2.75) is 24.9 Å². The van der Waals surface area contributed by atoms with Crippen LogP contribution in [-0.2, 0) is 14.3 Å². The molecule has 1 saturated carbocycles. The monoisotopic (exact) mass is 466 g/mol. The number of hydrogen-bond donors (Lipinski definition) is 2. The van der Waals surface area contributed by atoms with Crippen molar-refractivity contribution < 1.29 is 23.5 Å². The molecule has 1 fully saturated rings. The van der Waals surface area contributed by atoms with E-state index in [4.69, 9.17) is 4.74 Å². The van der Waals surface area contributed by atoms with Gasteiger partial charge in [0.2, 0.25) is 5.91 Å². The number of benzene rings is 2. The van der Waals surface area contributed by atoms with E-state index in [1.54, 1.807) is 16.8 Å². The second-order valence-electron chi connectivity index (χ2n) is 8.47. The van der Waals surface area contributed by atoms with E-state index in [0.29, 0.717) is 17.0 Å². The summed E-state index contributed by atoms with van der Waals surface area (Å²) in [6.07, 6.45) is 1.69. The summed E-state index contributed by atoms with van der Waals surface area (Å²) in [5, 5.41) is 5.67. The van der Waals surface area contributed by atoms with E-state index in [0.717, 1.165) is 18.4 Å². The highest BCUT2D eigenvalue weighted by Crippen LogP contribution is 2.38. The molecule has 0 bridgehead atoms. The van der Waals surface area contributed by atoms with Gasteiger partial charge >= 0.3 is 12.0 Å². The summed E-state index contributed by atoms with van der Waals surface area (Å²) in [4.78, 5) is 41.9. The Balaban J connectivity index is 1.60. The molecule has 34 heavy (non-hydrogen) atoms. The SMILES string of the molecule is COC(=O)C1=C(CN(C)CC(=O)Nc2ccc(F)cc2)N(C2CC2)C(=O)N[C@@H]1c1ccccc1. The summed E-state index contributed by atoms with van der Waals surface area (Å²) < 4.78 is 18.2. The standard InChI is InChI=1S/C25H27FN4O4/c1-29(15-21(31)27-18-10-8-17(26)9-11-18)14-20-22(24(32)34-2)23(16-6-4-3-5-7-16)28-25(33)30(20)19-12-13-19/h3-11,19,23H,12-15H2,1-2H3,(H,27,31)(H,28,33)/t23-/m1/s1. The van der Waals surface area contributed by atoms with Crippen LogP contribution in [0.25, 0.3) is 0 Å². The first-order valence-corrected chi connectivity index (χ1v) is 11.1. The van der Waals surface area contributed by atoms with Crippen LogP contribution in [0.2, 0.25) is 0 Å². The molecule has 9 heteroatoms. The van der Waals surface area contributed by atoms with Crippen molar-refractivity contribution in [3.63, 3.8) is 0 Å². The maximum Gasteiger partial charge on any atom is 0.338 e. The van der Waals surface area contributed by atoms with Crippen molar-refractivity contribution in [1.82, 2.24) is 15.1 Å². The zero-order valence-corrected chi connectivity index (χ0v) is 19.1. The Bertz CT molecular complexity index is 1100. The number of nitrogens with zero attached hydrogens (tertiary/aromatic N) is 2. The lowest BCUT2D eigenvalue weighted by Crippen LogP contribution is -2.51. The van der Waals surface area contributed by atoms with Crippen LogP contribution in [0.3, 0.4) is 0 Å². The number of likely N-dealkylation sites (N-methyl/N-ethyl adjacent to an activating group) is 1. The number of amides is 3. The second-order valence-corrected chi connectivity index (χ2v) is 8.47. The van der Waals surface area contributed by atoms with Crippen LogP contribution in [0.1, 0.15) is 24.4 Å². The minimum absolute atomic E-state index is 0.00542. The van der Waals surface area contributed by atoms with Crippen molar-refractivity contribution in [1.29, 1.82) is 0 Å². The van der Waals surface area contributed by atoms with Gasteiger partial charge in [-0.2, -0.15) is 0 Å². The maximum absolute atomic E-state index is 13.1. The average molecular weight is 467 g/mol. The molecule has 0 aromatic heterocycles. The molecule has 0 saturated heterocycles. The normalized spacial score (nSPS) is 18.1. The molecule has 4 rings (SSSR count). The third-order valence-corrected chi connectivity index (χ3v) is 5.79. The first kappa shape index (κ1) is 23.4. The first-order chi connectivity index (χ1) is 16.4. The van der Waals surface area contributed by atoms with Gasteiger partial charge in [-0.25, -0.2) is 14.0 Å². The summed E-state index contributed by atoms with van der Waals surface area (Å²) >= 11 is 0. The number of ether oxygens (including phenoxy) is 1. The third-order valence-electron chi connectivity index (χ3n) is 5.79. The topological polar surface area (TPSA) is 91.0 Å². The largest absolute Gasteiger partial charge is 0.466 e. The first-order valence-electron chi connectivity index (χ1n) is 11.1. The van der Waals surface area contributed by atoms with E-state index in [-0.39, 0.29) is 36.9 Å². The fraction of sp³-hybridized carbons (Fsp3) is 0.320. The van der Waals surface area contributed by atoms with Gasteiger partial charge in [-0.3, -0.25) is 14.6 Å². The zero-order valence-electron chi connectivity index (χ0n) is 19.1. The Hall–Kier alpha value is -3.72. The summed E-state index contributed by atoms with van der Waals surface area (Å²) in [6.45, 7) is 0.194. The number of halogens is 1. The number of methoxy groups -OCH3 is 1. The fourth-order valence-electron chi connectivity index (χ4n) is 4.10. The van der Waals surface area contributed by atoms with Crippen LogP contribution >= 0.6 is 0 Å². The minimum atomic E-state index is -0.660. The molecule has 0 radical (unpaired) electrons. The van der Waals surface area contributed by atoms with Crippen molar-refractivity contribution in [3.05, 3.63) is 77.2 Å². The van der Waals surface area contributed by atoms with Gasteiger partial charge in [0, 0.05) is 24.0 Å². The molecule has 2 N–H and O–H groups in total. The highest BCUT2D eigenvalue weighted by molar-refractivity contribution is 5.95. The maximum atomic E-state index is 13.1. The number of hydrogen-bond acceptors (Lipinski definition) is 5. The molecule has 1 aliphatic heterocycles. The Labute approximate surface area is 197 Å². The molecule has 3 amide bonds. The number of carbonyl (C=O) groups excluding carboxylic acids is 3. The molecule has 1 heterocycles. The zero-order chi connectivity index (χ0) is 24.2. The molecular formula is C25H27FN4O4. The van der Waals surface area contributed by atoms with Gasteiger partial charge in [0.25, 0.3) is 0 Å². The highest BCUT2D eigenvalue weighted by atomic mass is 19.1. The average Bonchev–Trinajstić information content (AvgIpc) is 3.65. The van der Waals surface area contributed by atoms with Gasteiger partial charge in [-0.15, -0.1) is 0 Å². The smallest absolute Gasteiger partial charge is 0.338 e. The molecule has 0 unspecified atom stereocenters. The Kier molecular flexibility index (Phi) is 6.93. The van der Waals surface area contributed by atoms with Crippen molar-refractivity contribution in [2.75, 3.05) is 32.6 Å². The fourth-order valence-corrected chi connectivity index (χ4v) is 4.10. The van der Waals surface area contributed by atoms with Crippen molar-refractivity contribution in [3.8, 4) is 0 Å². The predicted octanol–water partition coefficient (Wildman–Crippen LogP) is 3.05. The summed E-state index contributed by atoms with van der Waals surface area (Å²) in [6, 6.07) is 13.8. The van der Waals surface area contributed by atoms with E-state index < -0.39 is 12.0 Å². The molecule has 2 aromatic rings. The number of anilines is 1. The van der Waals surface area contributed by atoms with Crippen molar-refractivity contribution in [2.24, 2.45) is 0 Å². The van der Waals surface area contributed by atoms with Crippen LogP contribution in [0.4, 0.5) is 14.9 Å². The van der Waals surface area contributed by atoms with Crippen molar-refractivity contribution >= 4 is 23.6 Å². The quantitative estimate of drug-likeness (QED) is 0.584. The molecule has 2 aromatic carbocycles. The third kappa shape index (κ3) is 5.26. The molecule has 1 atom stereocenters. The van der Waals surface area contributed by atoms with E-state index in [9.17, 15) is 18.8 Å². The predicted molar refractivity (Wildman–Crippen MR) is 124 cm³/mol. The molecular weight excluding hydrogens is 439 g/mol. The van der Waals surface area contributed by atoms with Gasteiger partial charge in [0.05, 0.1) is 25.3 Å². The van der Waals surface area contributed by atoms with Crippen LogP contribution in [0.5, 0.6) is 0 Å². The molecule has 0 spiro atoms. The van der Waals surface area contributed by atoms with E-state index in [2.05, 4.69) is 10.6 Å².